The van der Waals surface area contributed by atoms with Crippen LogP contribution in [0.15, 0.2) is 41.5 Å². The van der Waals surface area contributed by atoms with Gasteiger partial charge in [0.25, 0.3) is 5.56 Å². The molecule has 16 heavy (non-hydrogen) atoms. The third-order valence-corrected chi connectivity index (χ3v) is 3.59. The lowest BCUT2D eigenvalue weighted by molar-refractivity contribution is 0.724. The fourth-order valence-electron chi connectivity index (χ4n) is 1.44. The van der Waals surface area contributed by atoms with E-state index in [4.69, 9.17) is 0 Å². The van der Waals surface area contributed by atoms with Crippen LogP contribution in [0.1, 0.15) is 11.3 Å². The van der Waals surface area contributed by atoms with Crippen molar-refractivity contribution in [3.63, 3.8) is 0 Å². The Kier molecular flexibility index (Phi) is 3.38. The monoisotopic (exact) mass is 326 g/mol. The second kappa shape index (κ2) is 4.78. The van der Waals surface area contributed by atoms with Crippen LogP contribution in [0.3, 0.4) is 0 Å². The summed E-state index contributed by atoms with van der Waals surface area (Å²) in [5, 5.41) is 0. The molecule has 4 heteroatoms. The van der Waals surface area contributed by atoms with Gasteiger partial charge in [-0.3, -0.25) is 9.36 Å². The molecule has 0 aliphatic carbocycles. The second-order valence-corrected chi connectivity index (χ2v) is 4.64. The van der Waals surface area contributed by atoms with Crippen LogP contribution in [0.5, 0.6) is 0 Å². The number of hydrogen-bond donors (Lipinski definition) is 0. The highest BCUT2D eigenvalue weighted by atomic mass is 127. The maximum Gasteiger partial charge on any atom is 0.267 e. The van der Waals surface area contributed by atoms with Gasteiger partial charge in [-0.2, -0.15) is 0 Å². The Hall–Kier alpha value is -1.17. The van der Waals surface area contributed by atoms with E-state index in [1.165, 1.54) is 0 Å². The first-order chi connectivity index (χ1) is 7.68. The van der Waals surface area contributed by atoms with Gasteiger partial charge >= 0.3 is 0 Å². The molecule has 1 aromatic heterocycles. The lowest BCUT2D eigenvalue weighted by Gasteiger charge is -2.06. The Morgan fingerprint density at radius 3 is 2.69 bits per heavy atom. The van der Waals surface area contributed by atoms with E-state index < -0.39 is 0 Å². The molecule has 0 unspecified atom stereocenters. The number of benzene rings is 1. The standard InChI is InChI=1S/C12H11IN2O/c1-9-11(13)12(16)15(8-14-9)7-10-5-3-2-4-6-10/h2-6,8H,7H2,1H3. The van der Waals surface area contributed by atoms with Crippen LogP contribution in [0.4, 0.5) is 0 Å². The summed E-state index contributed by atoms with van der Waals surface area (Å²) in [6.07, 6.45) is 1.60. The minimum atomic E-state index is 0.0250. The molecule has 0 amide bonds. The van der Waals surface area contributed by atoms with E-state index in [0.29, 0.717) is 10.1 Å². The second-order valence-electron chi connectivity index (χ2n) is 3.56. The van der Waals surface area contributed by atoms with Crippen LogP contribution in [0, 0.1) is 10.5 Å². The average Bonchev–Trinajstić information content (AvgIpc) is 2.31. The summed E-state index contributed by atoms with van der Waals surface area (Å²) in [7, 11) is 0. The van der Waals surface area contributed by atoms with Gasteiger partial charge in [0.15, 0.2) is 0 Å². The SMILES string of the molecule is Cc1ncn(Cc2ccccc2)c(=O)c1I. The summed E-state index contributed by atoms with van der Waals surface area (Å²) in [5.41, 5.74) is 1.91. The Labute approximate surface area is 107 Å². The molecule has 0 aliphatic heterocycles. The van der Waals surface area contributed by atoms with Crippen LogP contribution in [-0.4, -0.2) is 9.55 Å². The van der Waals surface area contributed by atoms with E-state index in [1.54, 1.807) is 10.9 Å². The lowest BCUT2D eigenvalue weighted by Crippen LogP contribution is -2.24. The smallest absolute Gasteiger partial charge is 0.267 e. The number of halogens is 1. The number of aryl methyl sites for hydroxylation is 1. The first kappa shape index (κ1) is 11.3. The quantitative estimate of drug-likeness (QED) is 0.793. The highest BCUT2D eigenvalue weighted by Crippen LogP contribution is 2.04. The Bertz CT molecular complexity index is 549. The van der Waals surface area contributed by atoms with Crippen LogP contribution < -0.4 is 5.56 Å². The molecule has 0 atom stereocenters. The fourth-order valence-corrected chi connectivity index (χ4v) is 1.89. The van der Waals surface area contributed by atoms with Gasteiger partial charge in [-0.25, -0.2) is 4.98 Å². The van der Waals surface area contributed by atoms with E-state index in [9.17, 15) is 4.79 Å². The molecule has 0 radical (unpaired) electrons. The van der Waals surface area contributed by atoms with Crippen molar-refractivity contribution in [1.82, 2.24) is 9.55 Å². The largest absolute Gasteiger partial charge is 0.294 e. The van der Waals surface area contributed by atoms with Crippen molar-refractivity contribution in [2.75, 3.05) is 0 Å². The van der Waals surface area contributed by atoms with Crippen molar-refractivity contribution < 1.29 is 0 Å². The third kappa shape index (κ3) is 2.32. The topological polar surface area (TPSA) is 34.9 Å². The number of nitrogens with zero attached hydrogens (tertiary/aromatic N) is 2. The number of hydrogen-bond acceptors (Lipinski definition) is 2. The molecule has 3 nitrogen and oxygen atoms in total. The summed E-state index contributed by atoms with van der Waals surface area (Å²) >= 11 is 2.04. The molecule has 0 bridgehead atoms. The minimum absolute atomic E-state index is 0.0250. The van der Waals surface area contributed by atoms with Crippen molar-refractivity contribution >= 4 is 22.6 Å². The van der Waals surface area contributed by atoms with E-state index in [1.807, 2.05) is 59.8 Å². The molecule has 0 spiro atoms. The average molecular weight is 326 g/mol. The van der Waals surface area contributed by atoms with Gasteiger partial charge in [0, 0.05) is 0 Å². The highest BCUT2D eigenvalue weighted by Gasteiger charge is 2.05. The van der Waals surface area contributed by atoms with Crippen LogP contribution in [0.25, 0.3) is 0 Å². The summed E-state index contributed by atoms with van der Waals surface area (Å²) in [6, 6.07) is 9.89. The van der Waals surface area contributed by atoms with Gasteiger partial charge in [0.2, 0.25) is 0 Å². The first-order valence-corrected chi connectivity index (χ1v) is 6.02. The molecule has 82 valence electrons. The summed E-state index contributed by atoms with van der Waals surface area (Å²) in [5.74, 6) is 0. The van der Waals surface area contributed by atoms with Crippen LogP contribution in [0.2, 0.25) is 0 Å². The van der Waals surface area contributed by atoms with E-state index in [2.05, 4.69) is 4.98 Å². The van der Waals surface area contributed by atoms with Crippen LogP contribution >= 0.6 is 22.6 Å². The van der Waals surface area contributed by atoms with E-state index >= 15 is 0 Å². The van der Waals surface area contributed by atoms with Crippen molar-refractivity contribution in [3.05, 3.63) is 61.8 Å². The van der Waals surface area contributed by atoms with Gasteiger partial charge in [-0.05, 0) is 35.1 Å². The molecule has 0 saturated heterocycles. The molecule has 0 fully saturated rings. The maximum atomic E-state index is 11.9. The molecular formula is C12H11IN2O. The Morgan fingerprint density at radius 2 is 2.00 bits per heavy atom. The zero-order valence-corrected chi connectivity index (χ0v) is 11.0. The molecule has 0 aliphatic rings. The Balaban J connectivity index is 2.37. The maximum absolute atomic E-state index is 11.9. The first-order valence-electron chi connectivity index (χ1n) is 4.94. The van der Waals surface area contributed by atoms with E-state index in [-0.39, 0.29) is 5.56 Å². The molecule has 0 saturated carbocycles. The van der Waals surface area contributed by atoms with Crippen molar-refractivity contribution in [3.8, 4) is 0 Å². The molecule has 1 heterocycles. The molecule has 2 aromatic rings. The van der Waals surface area contributed by atoms with Crippen LogP contribution in [-0.2, 0) is 6.54 Å². The molecule has 0 N–H and O–H groups in total. The predicted molar refractivity (Wildman–Crippen MR) is 71.5 cm³/mol. The fraction of sp³-hybridized carbons (Fsp3) is 0.167. The third-order valence-electron chi connectivity index (χ3n) is 2.35. The summed E-state index contributed by atoms with van der Waals surface area (Å²) < 4.78 is 2.32. The molecule has 2 rings (SSSR count). The lowest BCUT2D eigenvalue weighted by atomic mass is 10.2. The van der Waals surface area contributed by atoms with Gasteiger partial charge in [-0.15, -0.1) is 0 Å². The zero-order chi connectivity index (χ0) is 11.5. The van der Waals surface area contributed by atoms with Gasteiger partial charge in [0.05, 0.1) is 22.1 Å². The normalized spacial score (nSPS) is 10.4. The summed E-state index contributed by atoms with van der Waals surface area (Å²) in [4.78, 5) is 16.1. The number of rotatable bonds is 2. The van der Waals surface area contributed by atoms with Crippen molar-refractivity contribution in [2.24, 2.45) is 0 Å². The van der Waals surface area contributed by atoms with Crippen molar-refractivity contribution in [2.45, 2.75) is 13.5 Å². The molecule has 1 aromatic carbocycles. The van der Waals surface area contributed by atoms with Crippen molar-refractivity contribution in [1.29, 1.82) is 0 Å². The summed E-state index contributed by atoms with van der Waals surface area (Å²) in [6.45, 7) is 2.42. The van der Waals surface area contributed by atoms with Gasteiger partial charge < -0.3 is 0 Å². The van der Waals surface area contributed by atoms with Gasteiger partial charge in [0.1, 0.15) is 0 Å². The predicted octanol–water partition coefficient (Wildman–Crippen LogP) is 2.20. The van der Waals surface area contributed by atoms with E-state index in [0.717, 1.165) is 11.3 Å². The van der Waals surface area contributed by atoms with Gasteiger partial charge in [-0.1, -0.05) is 30.3 Å². The zero-order valence-electron chi connectivity index (χ0n) is 8.85. The minimum Gasteiger partial charge on any atom is -0.294 e. The Morgan fingerprint density at radius 1 is 1.31 bits per heavy atom. The highest BCUT2D eigenvalue weighted by molar-refractivity contribution is 14.1. The number of aromatic nitrogens is 2. The molecular weight excluding hydrogens is 315 g/mol.